The predicted molar refractivity (Wildman–Crippen MR) is 58.3 cm³/mol. The molecule has 0 spiro atoms. The largest absolute Gasteiger partial charge is 0.383 e. The Morgan fingerprint density at radius 2 is 2.29 bits per heavy atom. The Morgan fingerprint density at radius 1 is 1.43 bits per heavy atom. The van der Waals surface area contributed by atoms with Gasteiger partial charge in [-0.15, -0.1) is 0 Å². The summed E-state index contributed by atoms with van der Waals surface area (Å²) in [5.41, 5.74) is 0.594. The van der Waals surface area contributed by atoms with Crippen LogP contribution in [0, 0.1) is 17.3 Å². The molecule has 0 aromatic heterocycles. The van der Waals surface area contributed by atoms with E-state index in [1.165, 1.54) is 32.2 Å². The summed E-state index contributed by atoms with van der Waals surface area (Å²) in [6.07, 6.45) is 5.94. The van der Waals surface area contributed by atoms with Crippen LogP contribution < -0.4 is 5.32 Å². The zero-order valence-corrected chi connectivity index (χ0v) is 9.51. The van der Waals surface area contributed by atoms with Gasteiger partial charge >= 0.3 is 0 Å². The lowest BCUT2D eigenvalue weighted by Crippen LogP contribution is -2.37. The molecule has 2 bridgehead atoms. The molecule has 1 N–H and O–H groups in total. The van der Waals surface area contributed by atoms with Gasteiger partial charge in [-0.1, -0.05) is 13.3 Å². The zero-order chi connectivity index (χ0) is 10.0. The van der Waals surface area contributed by atoms with Crippen molar-refractivity contribution in [3.8, 4) is 0 Å². The first kappa shape index (κ1) is 10.4. The number of ether oxygens (including phenoxy) is 1. The summed E-state index contributed by atoms with van der Waals surface area (Å²) >= 11 is 0. The monoisotopic (exact) mass is 197 g/mol. The molecule has 2 rings (SSSR count). The maximum absolute atomic E-state index is 5.04. The van der Waals surface area contributed by atoms with Gasteiger partial charge in [0.25, 0.3) is 0 Å². The second-order valence-electron chi connectivity index (χ2n) is 5.40. The van der Waals surface area contributed by atoms with Crippen molar-refractivity contribution in [3.05, 3.63) is 0 Å². The van der Waals surface area contributed by atoms with Gasteiger partial charge in [-0.3, -0.25) is 0 Å². The maximum atomic E-state index is 5.04. The van der Waals surface area contributed by atoms with E-state index in [-0.39, 0.29) is 0 Å². The normalized spacial score (nSPS) is 40.7. The van der Waals surface area contributed by atoms with Gasteiger partial charge in [0, 0.05) is 20.2 Å². The van der Waals surface area contributed by atoms with Crippen molar-refractivity contribution in [1.29, 1.82) is 0 Å². The highest BCUT2D eigenvalue weighted by molar-refractivity contribution is 4.98. The van der Waals surface area contributed by atoms with E-state index in [0.717, 1.165) is 25.0 Å². The molecule has 2 fully saturated rings. The van der Waals surface area contributed by atoms with Crippen molar-refractivity contribution in [1.82, 2.24) is 5.32 Å². The van der Waals surface area contributed by atoms with Gasteiger partial charge < -0.3 is 10.1 Å². The van der Waals surface area contributed by atoms with Crippen LogP contribution in [-0.4, -0.2) is 26.8 Å². The lowest BCUT2D eigenvalue weighted by atomic mass is 9.75. The fourth-order valence-corrected chi connectivity index (χ4v) is 3.48. The number of hydrogen-bond acceptors (Lipinski definition) is 2. The summed E-state index contributed by atoms with van der Waals surface area (Å²) in [5.74, 6) is 2.05. The van der Waals surface area contributed by atoms with E-state index in [1.807, 2.05) is 0 Å². The molecule has 14 heavy (non-hydrogen) atoms. The fraction of sp³-hybridized carbons (Fsp3) is 1.00. The third kappa shape index (κ3) is 1.96. The van der Waals surface area contributed by atoms with Crippen molar-refractivity contribution in [3.63, 3.8) is 0 Å². The third-order valence-corrected chi connectivity index (χ3v) is 4.29. The molecular formula is C12H23NO. The minimum atomic E-state index is 0.594. The predicted octanol–water partition coefficient (Wildman–Crippen LogP) is 2.05. The van der Waals surface area contributed by atoms with Gasteiger partial charge in [-0.05, 0) is 36.5 Å². The molecule has 2 heteroatoms. The molecule has 2 nitrogen and oxygen atoms in total. The Morgan fingerprint density at radius 3 is 2.86 bits per heavy atom. The van der Waals surface area contributed by atoms with Gasteiger partial charge in [0.15, 0.2) is 0 Å². The Kier molecular flexibility index (Phi) is 3.13. The smallest absolute Gasteiger partial charge is 0.0587 e. The van der Waals surface area contributed by atoms with Crippen LogP contribution in [0.15, 0.2) is 0 Å². The molecule has 0 aromatic rings. The molecule has 0 heterocycles. The van der Waals surface area contributed by atoms with E-state index in [4.69, 9.17) is 4.74 Å². The Balaban J connectivity index is 1.74. The average molecular weight is 197 g/mol. The minimum Gasteiger partial charge on any atom is -0.383 e. The van der Waals surface area contributed by atoms with E-state index >= 15 is 0 Å². The third-order valence-electron chi connectivity index (χ3n) is 4.29. The Hall–Kier alpha value is -0.0800. The number of fused-ring (bicyclic) bond motifs is 2. The van der Waals surface area contributed by atoms with Crippen molar-refractivity contribution in [2.24, 2.45) is 17.3 Å². The summed E-state index contributed by atoms with van der Waals surface area (Å²) in [4.78, 5) is 0. The molecule has 0 aliphatic heterocycles. The molecule has 2 aliphatic carbocycles. The van der Waals surface area contributed by atoms with Gasteiger partial charge in [-0.2, -0.15) is 0 Å². The van der Waals surface area contributed by atoms with Gasteiger partial charge in [0.1, 0.15) is 0 Å². The van der Waals surface area contributed by atoms with E-state index in [0.29, 0.717) is 5.41 Å². The van der Waals surface area contributed by atoms with E-state index in [9.17, 15) is 0 Å². The molecule has 0 radical (unpaired) electrons. The second-order valence-corrected chi connectivity index (χ2v) is 5.40. The summed E-state index contributed by atoms with van der Waals surface area (Å²) in [6, 6.07) is 0. The van der Waals surface area contributed by atoms with Crippen LogP contribution in [0.4, 0.5) is 0 Å². The highest BCUT2D eigenvalue weighted by Crippen LogP contribution is 2.55. The van der Waals surface area contributed by atoms with E-state index in [1.54, 1.807) is 7.11 Å². The summed E-state index contributed by atoms with van der Waals surface area (Å²) in [6.45, 7) is 5.50. The van der Waals surface area contributed by atoms with Crippen molar-refractivity contribution >= 4 is 0 Å². The Labute approximate surface area is 87.4 Å². The zero-order valence-electron chi connectivity index (χ0n) is 9.51. The van der Waals surface area contributed by atoms with Crippen molar-refractivity contribution in [2.75, 3.05) is 26.8 Å². The molecule has 2 saturated carbocycles. The van der Waals surface area contributed by atoms with Crippen molar-refractivity contribution < 1.29 is 4.74 Å². The summed E-state index contributed by atoms with van der Waals surface area (Å²) < 4.78 is 5.04. The first-order chi connectivity index (χ1) is 6.74. The summed E-state index contributed by atoms with van der Waals surface area (Å²) in [7, 11) is 1.76. The topological polar surface area (TPSA) is 21.3 Å². The standard InChI is InChI=1S/C12H23NO/c1-12(9-13-5-6-14-2)8-10-3-4-11(12)7-10/h10-11,13H,3-9H2,1-2H3. The van der Waals surface area contributed by atoms with Gasteiger partial charge in [0.05, 0.1) is 6.61 Å². The first-order valence-electron chi connectivity index (χ1n) is 5.94. The van der Waals surface area contributed by atoms with Crippen LogP contribution in [-0.2, 0) is 4.74 Å². The molecule has 3 atom stereocenters. The second kappa shape index (κ2) is 4.19. The molecule has 0 saturated heterocycles. The fourth-order valence-electron chi connectivity index (χ4n) is 3.48. The van der Waals surface area contributed by atoms with Crippen LogP contribution in [0.3, 0.4) is 0 Å². The maximum Gasteiger partial charge on any atom is 0.0587 e. The summed E-state index contributed by atoms with van der Waals surface area (Å²) in [5, 5.41) is 3.53. The van der Waals surface area contributed by atoms with E-state index < -0.39 is 0 Å². The molecule has 2 aliphatic rings. The molecule has 0 amide bonds. The number of methoxy groups -OCH3 is 1. The van der Waals surface area contributed by atoms with Crippen LogP contribution in [0.1, 0.15) is 32.6 Å². The quantitative estimate of drug-likeness (QED) is 0.681. The SMILES string of the molecule is COCCNCC1(C)CC2CCC1C2. The number of rotatable bonds is 5. The minimum absolute atomic E-state index is 0.594. The molecule has 3 unspecified atom stereocenters. The molecular weight excluding hydrogens is 174 g/mol. The van der Waals surface area contributed by atoms with Crippen LogP contribution in [0.5, 0.6) is 0 Å². The van der Waals surface area contributed by atoms with Crippen LogP contribution in [0.25, 0.3) is 0 Å². The average Bonchev–Trinajstić information content (AvgIpc) is 2.72. The van der Waals surface area contributed by atoms with Crippen LogP contribution in [0.2, 0.25) is 0 Å². The molecule has 82 valence electrons. The van der Waals surface area contributed by atoms with E-state index in [2.05, 4.69) is 12.2 Å². The highest BCUT2D eigenvalue weighted by atomic mass is 16.5. The van der Waals surface area contributed by atoms with Crippen LogP contribution >= 0.6 is 0 Å². The lowest BCUT2D eigenvalue weighted by Gasteiger charge is -2.34. The number of nitrogens with one attached hydrogen (secondary N) is 1. The first-order valence-corrected chi connectivity index (χ1v) is 5.94. The van der Waals surface area contributed by atoms with Crippen molar-refractivity contribution in [2.45, 2.75) is 32.6 Å². The van der Waals surface area contributed by atoms with Gasteiger partial charge in [0.2, 0.25) is 0 Å². The molecule has 0 aromatic carbocycles. The van der Waals surface area contributed by atoms with Gasteiger partial charge in [-0.25, -0.2) is 0 Å². The lowest BCUT2D eigenvalue weighted by molar-refractivity contribution is 0.164. The Bertz CT molecular complexity index is 195. The highest BCUT2D eigenvalue weighted by Gasteiger charge is 2.47. The number of hydrogen-bond donors (Lipinski definition) is 1.